The summed E-state index contributed by atoms with van der Waals surface area (Å²) in [5.41, 5.74) is 2.83. The normalized spacial score (nSPS) is 10.7. The van der Waals surface area contributed by atoms with E-state index in [0.717, 1.165) is 16.8 Å². The Labute approximate surface area is 119 Å². The topological polar surface area (TPSA) is 35.0 Å². The fraction of sp³-hybridized carbons (Fsp3) is 0.231. The number of aromatic nitrogens is 2. The van der Waals surface area contributed by atoms with Crippen LogP contribution in [-0.2, 0) is 11.3 Å². The van der Waals surface area contributed by atoms with Gasteiger partial charge in [0.15, 0.2) is 5.82 Å². The van der Waals surface area contributed by atoms with Gasteiger partial charge in [-0.2, -0.15) is 0 Å². The van der Waals surface area contributed by atoms with Crippen LogP contribution in [0.15, 0.2) is 28.7 Å². The first-order valence-electron chi connectivity index (χ1n) is 5.40. The van der Waals surface area contributed by atoms with E-state index < -0.39 is 0 Å². The van der Waals surface area contributed by atoms with Crippen LogP contribution < -0.4 is 0 Å². The lowest BCUT2D eigenvalue weighted by molar-refractivity contribution is 0.181. The van der Waals surface area contributed by atoms with Gasteiger partial charge in [-0.1, -0.05) is 35.9 Å². The van der Waals surface area contributed by atoms with Gasteiger partial charge in [-0.25, -0.2) is 9.97 Å². The van der Waals surface area contributed by atoms with Crippen molar-refractivity contribution in [3.05, 3.63) is 45.1 Å². The van der Waals surface area contributed by atoms with E-state index in [2.05, 4.69) is 25.9 Å². The summed E-state index contributed by atoms with van der Waals surface area (Å²) in [6.07, 6.45) is 0. The van der Waals surface area contributed by atoms with Gasteiger partial charge in [0.2, 0.25) is 0 Å². The van der Waals surface area contributed by atoms with Gasteiger partial charge in [0, 0.05) is 12.7 Å². The number of aryl methyl sites for hydroxylation is 1. The lowest BCUT2D eigenvalue weighted by Gasteiger charge is -2.09. The Morgan fingerprint density at radius 3 is 2.67 bits per heavy atom. The van der Waals surface area contributed by atoms with Crippen LogP contribution in [0, 0.1) is 6.92 Å². The largest absolute Gasteiger partial charge is 0.378 e. The number of nitrogens with zero attached hydrogens (tertiary/aromatic N) is 2. The van der Waals surface area contributed by atoms with Crippen LogP contribution in [0.25, 0.3) is 11.4 Å². The van der Waals surface area contributed by atoms with Crippen molar-refractivity contribution in [3.8, 4) is 11.4 Å². The van der Waals surface area contributed by atoms with Crippen LogP contribution >= 0.6 is 27.5 Å². The van der Waals surface area contributed by atoms with Gasteiger partial charge in [-0.05, 0) is 28.4 Å². The van der Waals surface area contributed by atoms with Crippen molar-refractivity contribution in [1.29, 1.82) is 0 Å². The Balaban J connectivity index is 2.56. The highest BCUT2D eigenvalue weighted by Crippen LogP contribution is 2.28. The first-order valence-corrected chi connectivity index (χ1v) is 6.57. The third-order valence-electron chi connectivity index (χ3n) is 2.55. The second kappa shape index (κ2) is 5.78. The fourth-order valence-corrected chi connectivity index (χ4v) is 2.12. The Morgan fingerprint density at radius 2 is 2.00 bits per heavy atom. The van der Waals surface area contributed by atoms with Crippen LogP contribution in [0.2, 0.25) is 5.15 Å². The van der Waals surface area contributed by atoms with Crippen LogP contribution in [0.3, 0.4) is 0 Å². The van der Waals surface area contributed by atoms with E-state index in [4.69, 9.17) is 16.3 Å². The summed E-state index contributed by atoms with van der Waals surface area (Å²) in [5.74, 6) is 0.619. The number of hydrogen-bond acceptors (Lipinski definition) is 3. The molecule has 2 aromatic rings. The molecule has 94 valence electrons. The molecule has 18 heavy (non-hydrogen) atoms. The number of ether oxygens (including phenoxy) is 1. The maximum Gasteiger partial charge on any atom is 0.161 e. The second-order valence-electron chi connectivity index (χ2n) is 3.85. The molecule has 1 heterocycles. The molecule has 0 bridgehead atoms. The molecule has 3 nitrogen and oxygen atoms in total. The molecule has 0 amide bonds. The summed E-state index contributed by atoms with van der Waals surface area (Å²) < 4.78 is 5.79. The van der Waals surface area contributed by atoms with Crippen LogP contribution in [0.4, 0.5) is 0 Å². The van der Waals surface area contributed by atoms with Gasteiger partial charge in [0.25, 0.3) is 0 Å². The molecular weight excluding hydrogens is 316 g/mol. The number of halogens is 2. The highest BCUT2D eigenvalue weighted by molar-refractivity contribution is 9.10. The van der Waals surface area contributed by atoms with E-state index in [1.165, 1.54) is 0 Å². The van der Waals surface area contributed by atoms with Crippen LogP contribution in [-0.4, -0.2) is 17.1 Å². The molecule has 0 saturated carbocycles. The average Bonchev–Trinajstić information content (AvgIpc) is 2.35. The van der Waals surface area contributed by atoms with Gasteiger partial charge < -0.3 is 4.74 Å². The van der Waals surface area contributed by atoms with Crippen LogP contribution in [0.1, 0.15) is 11.3 Å². The van der Waals surface area contributed by atoms with E-state index >= 15 is 0 Å². The first-order chi connectivity index (χ1) is 8.63. The zero-order valence-corrected chi connectivity index (χ0v) is 12.4. The SMILES string of the molecule is COCc1nc(-c2ccccc2C)nc(Cl)c1Br. The van der Waals surface area contributed by atoms with Crippen molar-refractivity contribution in [1.82, 2.24) is 9.97 Å². The van der Waals surface area contributed by atoms with Gasteiger partial charge in [-0.3, -0.25) is 0 Å². The fourth-order valence-electron chi connectivity index (χ4n) is 1.64. The minimum atomic E-state index is 0.391. The highest BCUT2D eigenvalue weighted by Gasteiger charge is 2.13. The summed E-state index contributed by atoms with van der Waals surface area (Å²) in [4.78, 5) is 8.79. The number of methoxy groups -OCH3 is 1. The maximum absolute atomic E-state index is 6.10. The zero-order chi connectivity index (χ0) is 13.1. The van der Waals surface area contributed by atoms with E-state index in [1.54, 1.807) is 7.11 Å². The molecule has 0 aliphatic carbocycles. The van der Waals surface area contributed by atoms with Crippen molar-refractivity contribution in [3.63, 3.8) is 0 Å². The molecule has 0 atom stereocenters. The zero-order valence-electron chi connectivity index (χ0n) is 10.1. The van der Waals surface area contributed by atoms with Gasteiger partial charge in [0.05, 0.1) is 16.8 Å². The van der Waals surface area contributed by atoms with E-state index in [0.29, 0.717) is 22.1 Å². The Hall–Kier alpha value is -0.970. The molecule has 2 rings (SSSR count). The molecule has 0 saturated heterocycles. The third kappa shape index (κ3) is 2.71. The summed E-state index contributed by atoms with van der Waals surface area (Å²) in [7, 11) is 1.62. The highest BCUT2D eigenvalue weighted by atomic mass is 79.9. The molecular formula is C13H12BrClN2O. The molecule has 1 aromatic carbocycles. The van der Waals surface area contributed by atoms with Gasteiger partial charge in [-0.15, -0.1) is 0 Å². The molecule has 0 aliphatic rings. The van der Waals surface area contributed by atoms with Crippen molar-refractivity contribution in [2.75, 3.05) is 7.11 Å². The molecule has 0 aliphatic heterocycles. The minimum Gasteiger partial charge on any atom is -0.378 e. The lowest BCUT2D eigenvalue weighted by Crippen LogP contribution is -2.00. The predicted octanol–water partition coefficient (Wildman–Crippen LogP) is 4.01. The number of hydrogen-bond donors (Lipinski definition) is 0. The molecule has 0 N–H and O–H groups in total. The Bertz CT molecular complexity index is 575. The van der Waals surface area contributed by atoms with Crippen LogP contribution in [0.5, 0.6) is 0 Å². The molecule has 5 heteroatoms. The maximum atomic E-state index is 6.10. The standard InChI is InChI=1S/C13H12BrClN2O/c1-8-5-3-4-6-9(8)13-16-10(7-18-2)11(14)12(15)17-13/h3-6H,7H2,1-2H3. The molecule has 1 aromatic heterocycles. The monoisotopic (exact) mass is 326 g/mol. The summed E-state index contributed by atoms with van der Waals surface area (Å²) in [6, 6.07) is 7.93. The van der Waals surface area contributed by atoms with E-state index in [-0.39, 0.29) is 0 Å². The van der Waals surface area contributed by atoms with Crippen molar-refractivity contribution < 1.29 is 4.74 Å². The molecule has 0 fully saturated rings. The smallest absolute Gasteiger partial charge is 0.161 e. The van der Waals surface area contributed by atoms with Gasteiger partial charge in [0.1, 0.15) is 5.15 Å². The number of rotatable bonds is 3. The molecule has 0 spiro atoms. The summed E-state index contributed by atoms with van der Waals surface area (Å²) >= 11 is 9.47. The van der Waals surface area contributed by atoms with Gasteiger partial charge >= 0.3 is 0 Å². The number of benzene rings is 1. The predicted molar refractivity (Wildman–Crippen MR) is 75.6 cm³/mol. The molecule has 0 unspecified atom stereocenters. The summed E-state index contributed by atoms with van der Waals surface area (Å²) in [6.45, 7) is 2.41. The summed E-state index contributed by atoms with van der Waals surface area (Å²) in [5, 5.41) is 0.398. The van der Waals surface area contributed by atoms with Crippen molar-refractivity contribution in [2.45, 2.75) is 13.5 Å². The van der Waals surface area contributed by atoms with E-state index in [1.807, 2.05) is 31.2 Å². The second-order valence-corrected chi connectivity index (χ2v) is 5.00. The van der Waals surface area contributed by atoms with E-state index in [9.17, 15) is 0 Å². The quantitative estimate of drug-likeness (QED) is 0.799. The lowest BCUT2D eigenvalue weighted by atomic mass is 10.1. The Kier molecular flexibility index (Phi) is 4.32. The Morgan fingerprint density at radius 1 is 1.28 bits per heavy atom. The third-order valence-corrected chi connectivity index (χ3v) is 3.88. The molecule has 0 radical (unpaired) electrons. The first kappa shape index (κ1) is 13.5. The minimum absolute atomic E-state index is 0.391. The average molecular weight is 328 g/mol. The van der Waals surface area contributed by atoms with Crippen molar-refractivity contribution >= 4 is 27.5 Å². The van der Waals surface area contributed by atoms with Crippen molar-refractivity contribution in [2.24, 2.45) is 0 Å².